The topological polar surface area (TPSA) is 33.1 Å². The van der Waals surface area contributed by atoms with Crippen LogP contribution in [0.1, 0.15) is 38.8 Å². The maximum absolute atomic E-state index is 4.29. The van der Waals surface area contributed by atoms with E-state index in [4.69, 9.17) is 0 Å². The van der Waals surface area contributed by atoms with Gasteiger partial charge in [0.25, 0.3) is 0 Å². The van der Waals surface area contributed by atoms with Gasteiger partial charge >= 0.3 is 0 Å². The van der Waals surface area contributed by atoms with E-state index in [1.54, 1.807) is 0 Å². The molecule has 4 heteroatoms. The predicted molar refractivity (Wildman–Crippen MR) is 86.2 cm³/mol. The average Bonchev–Trinajstić information content (AvgIpc) is 3.19. The number of hydrogen-bond acceptors (Lipinski definition) is 3. The molecule has 4 nitrogen and oxygen atoms in total. The molecule has 2 aliphatic rings. The van der Waals surface area contributed by atoms with Crippen LogP contribution in [0.5, 0.6) is 0 Å². The Kier molecular flexibility index (Phi) is 4.65. The minimum atomic E-state index is 0.673. The van der Waals surface area contributed by atoms with Gasteiger partial charge in [0.05, 0.1) is 0 Å². The minimum Gasteiger partial charge on any atom is -0.311 e. The summed E-state index contributed by atoms with van der Waals surface area (Å²) in [6.45, 7) is 8.24. The van der Waals surface area contributed by atoms with Crippen LogP contribution >= 0.6 is 0 Å². The highest BCUT2D eigenvalue weighted by atomic mass is 15.3. The predicted octanol–water partition coefficient (Wildman–Crippen LogP) is 2.06. The minimum absolute atomic E-state index is 0.673. The zero-order valence-corrected chi connectivity index (χ0v) is 13.8. The number of nitrogens with one attached hydrogen (secondary N) is 1. The van der Waals surface area contributed by atoms with Gasteiger partial charge in [0.15, 0.2) is 0 Å². The third-order valence-corrected chi connectivity index (χ3v) is 5.04. The van der Waals surface area contributed by atoms with Crippen molar-refractivity contribution in [3.63, 3.8) is 0 Å². The second-order valence-electron chi connectivity index (χ2n) is 7.33. The SMILES string of the molecule is CC(C)CC1CN(CCc2ccnn2C)C(C2CC2)CN1. The maximum Gasteiger partial charge on any atom is 0.0492 e. The fraction of sp³-hybridized carbons (Fsp3) is 0.824. The highest BCUT2D eigenvalue weighted by molar-refractivity contribution is 5.02. The number of rotatable bonds is 6. The van der Waals surface area contributed by atoms with Crippen LogP contribution in [0.2, 0.25) is 0 Å². The lowest BCUT2D eigenvalue weighted by Crippen LogP contribution is -2.58. The summed E-state index contributed by atoms with van der Waals surface area (Å²) in [6.07, 6.45) is 7.19. The smallest absolute Gasteiger partial charge is 0.0492 e. The van der Waals surface area contributed by atoms with E-state index in [0.717, 1.165) is 24.3 Å². The molecule has 3 rings (SSSR count). The summed E-state index contributed by atoms with van der Waals surface area (Å²) in [4.78, 5) is 2.76. The van der Waals surface area contributed by atoms with Crippen LogP contribution in [0.4, 0.5) is 0 Å². The molecule has 1 saturated heterocycles. The number of nitrogens with zero attached hydrogens (tertiary/aromatic N) is 3. The van der Waals surface area contributed by atoms with Crippen molar-refractivity contribution in [2.45, 2.75) is 51.6 Å². The quantitative estimate of drug-likeness (QED) is 0.870. The van der Waals surface area contributed by atoms with Gasteiger partial charge in [-0.25, -0.2) is 0 Å². The van der Waals surface area contributed by atoms with Crippen LogP contribution < -0.4 is 5.32 Å². The Hall–Kier alpha value is -0.870. The molecule has 1 N–H and O–H groups in total. The van der Waals surface area contributed by atoms with Crippen molar-refractivity contribution < 1.29 is 0 Å². The van der Waals surface area contributed by atoms with E-state index in [1.807, 2.05) is 17.9 Å². The Morgan fingerprint density at radius 2 is 2.19 bits per heavy atom. The van der Waals surface area contributed by atoms with Crippen molar-refractivity contribution in [3.05, 3.63) is 18.0 Å². The maximum atomic E-state index is 4.29. The fourth-order valence-electron chi connectivity index (χ4n) is 3.73. The number of piperazine rings is 1. The van der Waals surface area contributed by atoms with Crippen molar-refractivity contribution >= 4 is 0 Å². The van der Waals surface area contributed by atoms with Crippen LogP contribution in [0.25, 0.3) is 0 Å². The highest BCUT2D eigenvalue weighted by Gasteiger charge is 2.38. The van der Waals surface area contributed by atoms with E-state index >= 15 is 0 Å². The van der Waals surface area contributed by atoms with Crippen LogP contribution in [0.3, 0.4) is 0 Å². The summed E-state index contributed by atoms with van der Waals surface area (Å²) in [7, 11) is 2.05. The van der Waals surface area contributed by atoms with Crippen molar-refractivity contribution in [2.24, 2.45) is 18.9 Å². The molecular formula is C17H30N4. The van der Waals surface area contributed by atoms with Gasteiger partial charge < -0.3 is 5.32 Å². The lowest BCUT2D eigenvalue weighted by molar-refractivity contribution is 0.108. The Morgan fingerprint density at radius 3 is 2.81 bits per heavy atom. The fourth-order valence-corrected chi connectivity index (χ4v) is 3.73. The Balaban J connectivity index is 1.59. The molecule has 1 aliphatic carbocycles. The molecule has 1 aromatic rings. The standard InChI is InChI=1S/C17H30N4/c1-13(2)10-15-12-21(17(11-18-15)14-4-5-14)9-7-16-6-8-19-20(16)3/h6,8,13-15,17-18H,4-5,7,9-12H2,1-3H3. The zero-order chi connectivity index (χ0) is 14.8. The zero-order valence-electron chi connectivity index (χ0n) is 13.8. The van der Waals surface area contributed by atoms with Gasteiger partial charge in [-0.3, -0.25) is 9.58 Å². The van der Waals surface area contributed by atoms with E-state index in [0.29, 0.717) is 6.04 Å². The molecule has 21 heavy (non-hydrogen) atoms. The molecule has 1 saturated carbocycles. The molecule has 2 fully saturated rings. The van der Waals surface area contributed by atoms with Gasteiger partial charge in [-0.1, -0.05) is 13.8 Å². The average molecular weight is 290 g/mol. The third kappa shape index (κ3) is 3.86. The van der Waals surface area contributed by atoms with Crippen molar-refractivity contribution in [2.75, 3.05) is 19.6 Å². The largest absolute Gasteiger partial charge is 0.311 e. The summed E-state index contributed by atoms with van der Waals surface area (Å²) >= 11 is 0. The van der Waals surface area contributed by atoms with Crippen molar-refractivity contribution in [1.29, 1.82) is 0 Å². The molecule has 0 amide bonds. The van der Waals surface area contributed by atoms with Gasteiger partial charge in [0.2, 0.25) is 0 Å². The summed E-state index contributed by atoms with van der Waals surface area (Å²) < 4.78 is 2.01. The Bertz CT molecular complexity index is 449. The molecule has 2 heterocycles. The highest BCUT2D eigenvalue weighted by Crippen LogP contribution is 2.36. The van der Waals surface area contributed by atoms with Crippen molar-refractivity contribution in [3.8, 4) is 0 Å². The van der Waals surface area contributed by atoms with Gasteiger partial charge in [0, 0.05) is 57.1 Å². The summed E-state index contributed by atoms with van der Waals surface area (Å²) in [5.74, 6) is 1.72. The molecular weight excluding hydrogens is 260 g/mol. The van der Waals surface area contributed by atoms with Crippen LogP contribution in [0, 0.1) is 11.8 Å². The van der Waals surface area contributed by atoms with Crippen LogP contribution in [0.15, 0.2) is 12.3 Å². The molecule has 2 unspecified atom stereocenters. The van der Waals surface area contributed by atoms with Crippen molar-refractivity contribution in [1.82, 2.24) is 20.0 Å². The molecule has 0 bridgehead atoms. The summed E-state index contributed by atoms with van der Waals surface area (Å²) in [5, 5.41) is 8.08. The summed E-state index contributed by atoms with van der Waals surface area (Å²) in [5.41, 5.74) is 1.35. The second-order valence-corrected chi connectivity index (χ2v) is 7.33. The third-order valence-electron chi connectivity index (χ3n) is 5.04. The second kappa shape index (κ2) is 6.49. The number of hydrogen-bond donors (Lipinski definition) is 1. The number of aromatic nitrogens is 2. The van der Waals surface area contributed by atoms with E-state index in [9.17, 15) is 0 Å². The molecule has 0 spiro atoms. The Morgan fingerprint density at radius 1 is 1.38 bits per heavy atom. The van der Waals surface area contributed by atoms with E-state index in [1.165, 1.54) is 44.6 Å². The molecule has 118 valence electrons. The van der Waals surface area contributed by atoms with Gasteiger partial charge in [-0.05, 0) is 37.2 Å². The Labute approximate surface area is 128 Å². The molecule has 0 aromatic carbocycles. The molecule has 1 aromatic heterocycles. The van der Waals surface area contributed by atoms with Crippen LogP contribution in [-0.2, 0) is 13.5 Å². The molecule has 1 aliphatic heterocycles. The van der Waals surface area contributed by atoms with Gasteiger partial charge in [-0.15, -0.1) is 0 Å². The van der Waals surface area contributed by atoms with Crippen LogP contribution in [-0.4, -0.2) is 46.4 Å². The first-order chi connectivity index (χ1) is 10.1. The molecule has 2 atom stereocenters. The first-order valence-electron chi connectivity index (χ1n) is 8.57. The lowest BCUT2D eigenvalue weighted by atomic mass is 9.98. The lowest BCUT2D eigenvalue weighted by Gasteiger charge is -2.41. The van der Waals surface area contributed by atoms with E-state index in [2.05, 4.69) is 35.2 Å². The monoisotopic (exact) mass is 290 g/mol. The normalized spacial score (nSPS) is 27.4. The van der Waals surface area contributed by atoms with Gasteiger partial charge in [0.1, 0.15) is 0 Å². The first-order valence-corrected chi connectivity index (χ1v) is 8.57. The first kappa shape index (κ1) is 15.0. The number of aryl methyl sites for hydroxylation is 1. The molecule has 0 radical (unpaired) electrons. The van der Waals surface area contributed by atoms with E-state index < -0.39 is 0 Å². The summed E-state index contributed by atoms with van der Waals surface area (Å²) in [6, 6.07) is 3.59. The van der Waals surface area contributed by atoms with E-state index in [-0.39, 0.29) is 0 Å². The van der Waals surface area contributed by atoms with Gasteiger partial charge in [-0.2, -0.15) is 5.10 Å².